The first-order valence-corrected chi connectivity index (χ1v) is 8.79. The Morgan fingerprint density at radius 2 is 1.93 bits per heavy atom. The molecule has 3 aromatic heterocycles. The minimum absolute atomic E-state index is 0.259. The number of pyridine rings is 1. The van der Waals surface area contributed by atoms with Crippen molar-refractivity contribution in [2.45, 2.75) is 19.4 Å². The van der Waals surface area contributed by atoms with Crippen molar-refractivity contribution in [3.8, 4) is 34.0 Å². The van der Waals surface area contributed by atoms with E-state index in [1.807, 2.05) is 18.5 Å². The molecular weight excluding hydrogens is 345 g/mol. The number of rotatable bonds is 5. The fraction of sp³-hybridized carbons (Fsp3) is 0.211. The van der Waals surface area contributed by atoms with Gasteiger partial charge < -0.3 is 4.57 Å². The van der Waals surface area contributed by atoms with Crippen molar-refractivity contribution in [3.05, 3.63) is 54.7 Å². The zero-order chi connectivity index (χ0) is 18.2. The lowest BCUT2D eigenvalue weighted by Crippen LogP contribution is -2.01. The van der Waals surface area contributed by atoms with Gasteiger partial charge in [-0.15, -0.1) is 10.2 Å². The first-order valence-electron chi connectivity index (χ1n) is 8.79. The monoisotopic (exact) mass is 361 g/mol. The lowest BCUT2D eigenvalue weighted by Gasteiger charge is -2.10. The van der Waals surface area contributed by atoms with Crippen molar-refractivity contribution in [1.82, 2.24) is 35.2 Å². The SMILES string of the molecule is Fc1ccc(-c2c(-c3cc(-c4nn[nH]n4)ccn3)ncn2CC2CC2)cc1. The van der Waals surface area contributed by atoms with E-state index < -0.39 is 0 Å². The molecule has 1 aromatic carbocycles. The molecule has 0 atom stereocenters. The number of halogens is 1. The van der Waals surface area contributed by atoms with Crippen molar-refractivity contribution in [2.24, 2.45) is 5.92 Å². The van der Waals surface area contributed by atoms with Crippen LogP contribution in [0.25, 0.3) is 34.0 Å². The zero-order valence-electron chi connectivity index (χ0n) is 14.4. The topological polar surface area (TPSA) is 85.2 Å². The molecule has 134 valence electrons. The van der Waals surface area contributed by atoms with Crippen LogP contribution in [-0.4, -0.2) is 35.2 Å². The molecule has 7 nitrogen and oxygen atoms in total. The summed E-state index contributed by atoms with van der Waals surface area (Å²) in [4.78, 5) is 9.13. The third kappa shape index (κ3) is 3.10. The maximum Gasteiger partial charge on any atom is 0.204 e. The molecule has 0 aliphatic heterocycles. The molecule has 3 heterocycles. The Bertz CT molecular complexity index is 1070. The first-order chi connectivity index (χ1) is 13.3. The fourth-order valence-corrected chi connectivity index (χ4v) is 3.18. The number of aromatic amines is 1. The average molecular weight is 361 g/mol. The van der Waals surface area contributed by atoms with Gasteiger partial charge in [0.05, 0.1) is 17.7 Å². The van der Waals surface area contributed by atoms with Gasteiger partial charge in [0.2, 0.25) is 5.82 Å². The van der Waals surface area contributed by atoms with Crippen LogP contribution in [0.4, 0.5) is 4.39 Å². The summed E-state index contributed by atoms with van der Waals surface area (Å²) in [5, 5.41) is 14.1. The summed E-state index contributed by atoms with van der Waals surface area (Å²) in [6.45, 7) is 0.907. The van der Waals surface area contributed by atoms with E-state index >= 15 is 0 Å². The summed E-state index contributed by atoms with van der Waals surface area (Å²) in [5.41, 5.74) is 4.13. The third-order valence-corrected chi connectivity index (χ3v) is 4.71. The van der Waals surface area contributed by atoms with E-state index in [1.54, 1.807) is 18.3 Å². The summed E-state index contributed by atoms with van der Waals surface area (Å²) in [5.74, 6) is 0.926. The number of benzene rings is 1. The fourth-order valence-electron chi connectivity index (χ4n) is 3.18. The molecule has 5 rings (SSSR count). The predicted molar refractivity (Wildman–Crippen MR) is 96.7 cm³/mol. The number of imidazole rings is 1. The van der Waals surface area contributed by atoms with Crippen LogP contribution in [0.1, 0.15) is 12.8 Å². The average Bonchev–Trinajstić information content (AvgIpc) is 3.18. The van der Waals surface area contributed by atoms with Gasteiger partial charge in [0.1, 0.15) is 11.5 Å². The van der Waals surface area contributed by atoms with E-state index in [-0.39, 0.29) is 5.82 Å². The van der Waals surface area contributed by atoms with Crippen LogP contribution < -0.4 is 0 Å². The van der Waals surface area contributed by atoms with E-state index in [4.69, 9.17) is 0 Å². The van der Waals surface area contributed by atoms with Crippen LogP contribution in [0.5, 0.6) is 0 Å². The second-order valence-electron chi connectivity index (χ2n) is 6.71. The molecule has 1 N–H and O–H groups in total. The predicted octanol–water partition coefficient (Wildman–Crippen LogP) is 3.34. The van der Waals surface area contributed by atoms with Crippen LogP contribution in [0.15, 0.2) is 48.9 Å². The van der Waals surface area contributed by atoms with Crippen LogP contribution >= 0.6 is 0 Å². The van der Waals surface area contributed by atoms with E-state index in [1.165, 1.54) is 25.0 Å². The van der Waals surface area contributed by atoms with Crippen LogP contribution in [-0.2, 0) is 6.54 Å². The van der Waals surface area contributed by atoms with Crippen molar-refractivity contribution in [1.29, 1.82) is 0 Å². The van der Waals surface area contributed by atoms with E-state index in [9.17, 15) is 4.39 Å². The quantitative estimate of drug-likeness (QED) is 0.589. The summed E-state index contributed by atoms with van der Waals surface area (Å²) >= 11 is 0. The molecule has 0 saturated heterocycles. The van der Waals surface area contributed by atoms with Gasteiger partial charge in [0.25, 0.3) is 0 Å². The summed E-state index contributed by atoms with van der Waals surface area (Å²) in [6.07, 6.45) is 6.02. The molecular formula is C19H16FN7. The smallest absolute Gasteiger partial charge is 0.204 e. The molecule has 4 aromatic rings. The maximum atomic E-state index is 13.4. The molecule has 1 aliphatic rings. The minimum Gasteiger partial charge on any atom is -0.330 e. The molecule has 27 heavy (non-hydrogen) atoms. The normalized spacial score (nSPS) is 13.8. The van der Waals surface area contributed by atoms with E-state index in [2.05, 4.69) is 35.2 Å². The second-order valence-corrected chi connectivity index (χ2v) is 6.71. The minimum atomic E-state index is -0.259. The number of hydrogen-bond acceptors (Lipinski definition) is 5. The molecule has 1 aliphatic carbocycles. The lowest BCUT2D eigenvalue weighted by atomic mass is 10.1. The van der Waals surface area contributed by atoms with Crippen LogP contribution in [0, 0.1) is 11.7 Å². The van der Waals surface area contributed by atoms with Crippen molar-refractivity contribution in [3.63, 3.8) is 0 Å². The number of H-pyrrole nitrogens is 1. The van der Waals surface area contributed by atoms with Gasteiger partial charge in [0, 0.05) is 23.9 Å². The highest BCUT2D eigenvalue weighted by Gasteiger charge is 2.25. The second kappa shape index (κ2) is 6.39. The van der Waals surface area contributed by atoms with Gasteiger partial charge in [-0.25, -0.2) is 9.37 Å². The largest absolute Gasteiger partial charge is 0.330 e. The molecule has 1 saturated carbocycles. The van der Waals surface area contributed by atoms with Crippen molar-refractivity contribution < 1.29 is 4.39 Å². The Morgan fingerprint density at radius 1 is 1.07 bits per heavy atom. The highest BCUT2D eigenvalue weighted by Crippen LogP contribution is 2.36. The molecule has 0 spiro atoms. The molecule has 1 fully saturated rings. The number of aromatic nitrogens is 7. The zero-order valence-corrected chi connectivity index (χ0v) is 14.4. The molecule has 0 unspecified atom stereocenters. The molecule has 0 bridgehead atoms. The van der Waals surface area contributed by atoms with Gasteiger partial charge in [-0.2, -0.15) is 5.21 Å². The number of nitrogens with zero attached hydrogens (tertiary/aromatic N) is 6. The summed E-state index contributed by atoms with van der Waals surface area (Å²) in [6, 6.07) is 10.2. The van der Waals surface area contributed by atoms with Gasteiger partial charge in [0.15, 0.2) is 0 Å². The summed E-state index contributed by atoms with van der Waals surface area (Å²) in [7, 11) is 0. The van der Waals surface area contributed by atoms with Gasteiger partial charge >= 0.3 is 0 Å². The highest BCUT2D eigenvalue weighted by atomic mass is 19.1. The first kappa shape index (κ1) is 15.8. The maximum absolute atomic E-state index is 13.4. The number of nitrogens with one attached hydrogen (secondary N) is 1. The van der Waals surface area contributed by atoms with Gasteiger partial charge in [-0.3, -0.25) is 4.98 Å². The van der Waals surface area contributed by atoms with E-state index in [0.717, 1.165) is 29.1 Å². The Balaban J connectivity index is 1.62. The lowest BCUT2D eigenvalue weighted by molar-refractivity contribution is 0.625. The molecule has 0 amide bonds. The number of tetrazole rings is 1. The van der Waals surface area contributed by atoms with Crippen LogP contribution in [0.3, 0.4) is 0 Å². The Kier molecular flexibility index (Phi) is 3.74. The van der Waals surface area contributed by atoms with E-state index in [0.29, 0.717) is 17.4 Å². The van der Waals surface area contributed by atoms with Gasteiger partial charge in [-0.1, -0.05) is 0 Å². The molecule has 0 radical (unpaired) electrons. The number of hydrogen-bond donors (Lipinski definition) is 1. The highest BCUT2D eigenvalue weighted by molar-refractivity contribution is 5.78. The van der Waals surface area contributed by atoms with Crippen molar-refractivity contribution in [2.75, 3.05) is 0 Å². The Hall–Kier alpha value is -3.42. The Morgan fingerprint density at radius 3 is 2.67 bits per heavy atom. The van der Waals surface area contributed by atoms with Crippen molar-refractivity contribution >= 4 is 0 Å². The Labute approximate surface area is 154 Å². The summed E-state index contributed by atoms with van der Waals surface area (Å²) < 4.78 is 15.6. The van der Waals surface area contributed by atoms with Crippen LogP contribution in [0.2, 0.25) is 0 Å². The third-order valence-electron chi connectivity index (χ3n) is 4.71. The standard InChI is InChI=1S/C19H16FN7/c20-15-5-3-13(4-6-15)18-17(22-11-27(18)10-12-1-2-12)16-9-14(7-8-21-16)19-23-25-26-24-19/h3-9,11-12H,1-2,10H2,(H,23,24,25,26). The molecule has 8 heteroatoms. The van der Waals surface area contributed by atoms with Gasteiger partial charge in [-0.05, 0) is 60.4 Å².